The first-order chi connectivity index (χ1) is 10.3. The Hall–Kier alpha value is -2.34. The lowest BCUT2D eigenvalue weighted by Crippen LogP contribution is -2.40. The average molecular weight is 285 g/mol. The summed E-state index contributed by atoms with van der Waals surface area (Å²) in [6.45, 7) is 3.10. The molecule has 2 aromatic rings. The number of nitrogens with zero attached hydrogens (tertiary/aromatic N) is 3. The minimum absolute atomic E-state index is 0.611. The number of ether oxygens (including phenoxy) is 1. The van der Waals surface area contributed by atoms with Gasteiger partial charge in [-0.2, -0.15) is 5.10 Å². The highest BCUT2D eigenvalue weighted by Crippen LogP contribution is 2.19. The molecule has 0 amide bonds. The van der Waals surface area contributed by atoms with E-state index in [0.717, 1.165) is 48.7 Å². The van der Waals surface area contributed by atoms with Crippen molar-refractivity contribution in [2.75, 3.05) is 33.4 Å². The van der Waals surface area contributed by atoms with Crippen molar-refractivity contribution in [3.05, 3.63) is 36.0 Å². The molecule has 21 heavy (non-hydrogen) atoms. The third kappa shape index (κ3) is 2.75. The molecule has 0 bridgehead atoms. The SMILES string of the molecule is CN=C(C=C(N)c1n[nH]c2ccccc12)N1CCOCC1. The Labute approximate surface area is 123 Å². The molecular formula is C15H19N5O. The maximum absolute atomic E-state index is 6.23. The van der Waals surface area contributed by atoms with Crippen molar-refractivity contribution in [1.29, 1.82) is 0 Å². The maximum atomic E-state index is 6.23. The summed E-state index contributed by atoms with van der Waals surface area (Å²) in [5.74, 6) is 0.864. The van der Waals surface area contributed by atoms with Gasteiger partial charge in [0.25, 0.3) is 0 Å². The molecule has 0 atom stereocenters. The topological polar surface area (TPSA) is 79.5 Å². The van der Waals surface area contributed by atoms with Crippen LogP contribution < -0.4 is 5.73 Å². The number of hydrogen-bond donors (Lipinski definition) is 2. The summed E-state index contributed by atoms with van der Waals surface area (Å²) in [7, 11) is 1.78. The molecule has 1 aromatic carbocycles. The second kappa shape index (κ2) is 5.97. The van der Waals surface area contributed by atoms with E-state index in [9.17, 15) is 0 Å². The number of aromatic nitrogens is 2. The Balaban J connectivity index is 1.90. The third-order valence-corrected chi connectivity index (χ3v) is 3.59. The minimum atomic E-state index is 0.611. The molecule has 6 nitrogen and oxygen atoms in total. The molecule has 110 valence electrons. The summed E-state index contributed by atoms with van der Waals surface area (Å²) < 4.78 is 5.36. The smallest absolute Gasteiger partial charge is 0.125 e. The molecule has 1 saturated heterocycles. The minimum Gasteiger partial charge on any atom is -0.397 e. The van der Waals surface area contributed by atoms with Crippen LogP contribution in [0.3, 0.4) is 0 Å². The summed E-state index contributed by atoms with van der Waals surface area (Å²) in [4.78, 5) is 6.51. The predicted octanol–water partition coefficient (Wildman–Crippen LogP) is 1.22. The molecule has 0 saturated carbocycles. The molecule has 1 fully saturated rings. The Morgan fingerprint density at radius 1 is 1.38 bits per heavy atom. The third-order valence-electron chi connectivity index (χ3n) is 3.59. The van der Waals surface area contributed by atoms with Gasteiger partial charge < -0.3 is 15.4 Å². The van der Waals surface area contributed by atoms with Gasteiger partial charge in [-0.05, 0) is 6.07 Å². The highest BCUT2D eigenvalue weighted by Gasteiger charge is 2.15. The quantitative estimate of drug-likeness (QED) is 0.642. The largest absolute Gasteiger partial charge is 0.397 e. The van der Waals surface area contributed by atoms with E-state index in [1.807, 2.05) is 30.3 Å². The molecule has 1 aliphatic rings. The van der Waals surface area contributed by atoms with Gasteiger partial charge in [-0.1, -0.05) is 18.2 Å². The Kier molecular flexibility index (Phi) is 3.87. The van der Waals surface area contributed by atoms with Crippen LogP contribution in [0.4, 0.5) is 0 Å². The van der Waals surface area contributed by atoms with Crippen LogP contribution in [0.25, 0.3) is 16.6 Å². The van der Waals surface area contributed by atoms with Crippen molar-refractivity contribution in [3.63, 3.8) is 0 Å². The number of fused-ring (bicyclic) bond motifs is 1. The predicted molar refractivity (Wildman–Crippen MR) is 84.0 cm³/mol. The van der Waals surface area contributed by atoms with Gasteiger partial charge in [0, 0.05) is 31.6 Å². The van der Waals surface area contributed by atoms with Crippen molar-refractivity contribution in [2.24, 2.45) is 10.7 Å². The van der Waals surface area contributed by atoms with Gasteiger partial charge >= 0.3 is 0 Å². The first-order valence-electron chi connectivity index (χ1n) is 6.99. The van der Waals surface area contributed by atoms with Crippen LogP contribution in [0.15, 0.2) is 35.3 Å². The number of benzene rings is 1. The molecule has 1 aromatic heterocycles. The fourth-order valence-corrected chi connectivity index (χ4v) is 2.48. The summed E-state index contributed by atoms with van der Waals surface area (Å²) in [5.41, 5.74) is 8.58. The number of rotatable bonds is 2. The lowest BCUT2D eigenvalue weighted by atomic mass is 10.1. The van der Waals surface area contributed by atoms with Gasteiger partial charge in [0.05, 0.1) is 24.4 Å². The molecule has 6 heteroatoms. The zero-order chi connectivity index (χ0) is 14.7. The number of nitrogens with two attached hydrogens (primary N) is 1. The number of nitrogens with one attached hydrogen (secondary N) is 1. The maximum Gasteiger partial charge on any atom is 0.125 e. The van der Waals surface area contributed by atoms with Crippen molar-refractivity contribution in [3.8, 4) is 0 Å². The Morgan fingerprint density at radius 2 is 2.14 bits per heavy atom. The van der Waals surface area contributed by atoms with Crippen LogP contribution in [-0.2, 0) is 4.74 Å². The van der Waals surface area contributed by atoms with Crippen molar-refractivity contribution in [2.45, 2.75) is 0 Å². The zero-order valence-corrected chi connectivity index (χ0v) is 12.0. The molecule has 0 aliphatic carbocycles. The van der Waals surface area contributed by atoms with E-state index in [2.05, 4.69) is 20.1 Å². The van der Waals surface area contributed by atoms with Gasteiger partial charge in [0.1, 0.15) is 11.5 Å². The number of hydrogen-bond acceptors (Lipinski definition) is 4. The van der Waals surface area contributed by atoms with Gasteiger partial charge in [-0.15, -0.1) is 0 Å². The van der Waals surface area contributed by atoms with Crippen molar-refractivity contribution < 1.29 is 4.74 Å². The van der Waals surface area contributed by atoms with Gasteiger partial charge in [0.15, 0.2) is 0 Å². The van der Waals surface area contributed by atoms with Crippen LogP contribution in [0.1, 0.15) is 5.69 Å². The first kappa shape index (κ1) is 13.6. The van der Waals surface area contributed by atoms with Gasteiger partial charge in [0.2, 0.25) is 0 Å². The molecule has 0 spiro atoms. The number of para-hydroxylation sites is 1. The highest BCUT2D eigenvalue weighted by atomic mass is 16.5. The molecule has 2 heterocycles. The Bertz CT molecular complexity index is 682. The van der Waals surface area contributed by atoms with Crippen LogP contribution in [0.5, 0.6) is 0 Å². The van der Waals surface area contributed by atoms with Crippen LogP contribution in [0.2, 0.25) is 0 Å². The van der Waals surface area contributed by atoms with E-state index in [-0.39, 0.29) is 0 Å². The number of morpholine rings is 1. The summed E-state index contributed by atoms with van der Waals surface area (Å²) in [6, 6.07) is 7.94. The highest BCUT2D eigenvalue weighted by molar-refractivity contribution is 6.01. The van der Waals surface area contributed by atoms with Crippen LogP contribution >= 0.6 is 0 Å². The second-order valence-corrected chi connectivity index (χ2v) is 4.90. The van der Waals surface area contributed by atoms with E-state index in [1.165, 1.54) is 0 Å². The molecular weight excluding hydrogens is 266 g/mol. The fourth-order valence-electron chi connectivity index (χ4n) is 2.48. The standard InChI is InChI=1S/C15H19N5O/c1-17-14(20-6-8-21-9-7-20)10-12(16)15-11-4-2-3-5-13(11)18-19-15/h2-5,10H,6-9,16H2,1H3,(H,18,19). The van der Waals surface area contributed by atoms with E-state index >= 15 is 0 Å². The lowest BCUT2D eigenvalue weighted by Gasteiger charge is -2.28. The number of amidine groups is 1. The van der Waals surface area contributed by atoms with Gasteiger partial charge in [-0.25, -0.2) is 0 Å². The van der Waals surface area contributed by atoms with Crippen molar-refractivity contribution >= 4 is 22.4 Å². The Morgan fingerprint density at radius 3 is 2.90 bits per heavy atom. The number of aromatic amines is 1. The second-order valence-electron chi connectivity index (χ2n) is 4.90. The monoisotopic (exact) mass is 285 g/mol. The van der Waals surface area contributed by atoms with Crippen LogP contribution in [-0.4, -0.2) is 54.3 Å². The van der Waals surface area contributed by atoms with Gasteiger partial charge in [-0.3, -0.25) is 10.1 Å². The molecule has 1 aliphatic heterocycles. The van der Waals surface area contributed by atoms with Crippen molar-refractivity contribution in [1.82, 2.24) is 15.1 Å². The van der Waals surface area contributed by atoms with E-state index < -0.39 is 0 Å². The molecule has 0 unspecified atom stereocenters. The first-order valence-corrected chi connectivity index (χ1v) is 6.99. The summed E-state index contributed by atoms with van der Waals surface area (Å²) >= 11 is 0. The normalized spacial score (nSPS) is 17.5. The summed E-state index contributed by atoms with van der Waals surface area (Å²) in [6.07, 6.45) is 1.88. The van der Waals surface area contributed by atoms with Crippen LogP contribution in [0, 0.1) is 0 Å². The summed E-state index contributed by atoms with van der Waals surface area (Å²) in [5, 5.41) is 8.32. The van der Waals surface area contributed by atoms with E-state index in [4.69, 9.17) is 10.5 Å². The zero-order valence-electron chi connectivity index (χ0n) is 12.0. The molecule has 3 N–H and O–H groups in total. The average Bonchev–Trinajstić information content (AvgIpc) is 2.97. The van der Waals surface area contributed by atoms with E-state index in [1.54, 1.807) is 7.05 Å². The lowest BCUT2D eigenvalue weighted by molar-refractivity contribution is 0.0684. The number of aliphatic imine (C=N–C) groups is 1. The number of H-pyrrole nitrogens is 1. The molecule has 0 radical (unpaired) electrons. The molecule has 3 rings (SSSR count). The fraction of sp³-hybridized carbons (Fsp3) is 0.333. The van der Waals surface area contributed by atoms with E-state index in [0.29, 0.717) is 5.70 Å².